The Balaban J connectivity index is 1.31. The maximum Gasteiger partial charge on any atom is 0.0721 e. The van der Waals surface area contributed by atoms with Crippen LogP contribution < -0.4 is 0 Å². The summed E-state index contributed by atoms with van der Waals surface area (Å²) in [6, 6.07) is 61.8. The molecule has 0 amide bonds. The summed E-state index contributed by atoms with van der Waals surface area (Å²) in [6.07, 6.45) is 2.11. The summed E-state index contributed by atoms with van der Waals surface area (Å²) in [5.41, 5.74) is 14.4. The van der Waals surface area contributed by atoms with Crippen molar-refractivity contribution < 1.29 is 0 Å². The van der Waals surface area contributed by atoms with Gasteiger partial charge in [0.1, 0.15) is 0 Å². The van der Waals surface area contributed by atoms with E-state index in [1.807, 2.05) is 0 Å². The standard InChI is InChI=1S/C47H29N/c1-2-16-31-30(14-1)15-13-27-38(31)46-39-23-9-11-25-41(39)47(42-26-12-10-24-40(42)46)45-28-43-36-21-7-5-19-34(36)32-17-3-4-18-33(32)35-20-6-8-22-37(35)44(43)29-48-45/h1-29H. The number of benzene rings is 8. The molecule has 1 nitrogen and oxygen atoms in total. The van der Waals surface area contributed by atoms with Gasteiger partial charge in [0.15, 0.2) is 0 Å². The average molecular weight is 608 g/mol. The molecule has 1 heterocycles. The molecule has 1 aromatic heterocycles. The Kier molecular flexibility index (Phi) is 5.94. The van der Waals surface area contributed by atoms with E-state index in [9.17, 15) is 0 Å². The highest BCUT2D eigenvalue weighted by Gasteiger charge is 2.24. The molecule has 9 aromatic rings. The van der Waals surface area contributed by atoms with Crippen molar-refractivity contribution in [3.05, 3.63) is 176 Å². The van der Waals surface area contributed by atoms with E-state index in [1.54, 1.807) is 0 Å². The van der Waals surface area contributed by atoms with E-state index < -0.39 is 0 Å². The minimum absolute atomic E-state index is 0.978. The van der Waals surface area contributed by atoms with Crippen LogP contribution in [0, 0.1) is 0 Å². The van der Waals surface area contributed by atoms with Gasteiger partial charge in [-0.3, -0.25) is 4.98 Å². The fraction of sp³-hybridized carbons (Fsp3) is 0. The van der Waals surface area contributed by atoms with Crippen molar-refractivity contribution in [3.63, 3.8) is 0 Å². The normalized spacial score (nSPS) is 11.8. The molecule has 1 heteroatoms. The molecule has 0 N–H and O–H groups in total. The number of hydrogen-bond donors (Lipinski definition) is 0. The van der Waals surface area contributed by atoms with Crippen molar-refractivity contribution in [2.45, 2.75) is 0 Å². The summed E-state index contributed by atoms with van der Waals surface area (Å²) in [7, 11) is 0. The van der Waals surface area contributed by atoms with Crippen LogP contribution in [0.1, 0.15) is 0 Å². The van der Waals surface area contributed by atoms with E-state index in [1.165, 1.54) is 88.0 Å². The van der Waals surface area contributed by atoms with Gasteiger partial charge in [-0.1, -0.05) is 164 Å². The minimum atomic E-state index is 0.978. The first kappa shape index (κ1) is 26.9. The smallest absolute Gasteiger partial charge is 0.0721 e. The van der Waals surface area contributed by atoms with Gasteiger partial charge in [-0.15, -0.1) is 0 Å². The summed E-state index contributed by atoms with van der Waals surface area (Å²) in [5.74, 6) is 0. The summed E-state index contributed by atoms with van der Waals surface area (Å²) in [5, 5.41) is 7.38. The summed E-state index contributed by atoms with van der Waals surface area (Å²) in [6.45, 7) is 0. The van der Waals surface area contributed by atoms with Gasteiger partial charge in [0.05, 0.1) is 5.69 Å². The predicted octanol–water partition coefficient (Wildman–Crippen LogP) is 12.9. The van der Waals surface area contributed by atoms with Crippen LogP contribution in [-0.4, -0.2) is 4.98 Å². The maximum atomic E-state index is 5.31. The van der Waals surface area contributed by atoms with Gasteiger partial charge in [0.2, 0.25) is 0 Å². The topological polar surface area (TPSA) is 12.9 Å². The second kappa shape index (κ2) is 10.6. The molecule has 0 unspecified atom stereocenters. The lowest BCUT2D eigenvalue weighted by Crippen LogP contribution is -1.99. The van der Waals surface area contributed by atoms with Crippen LogP contribution in [0.3, 0.4) is 0 Å². The van der Waals surface area contributed by atoms with Gasteiger partial charge >= 0.3 is 0 Å². The fourth-order valence-electron chi connectivity index (χ4n) is 8.03. The Morgan fingerprint density at radius 1 is 0.271 bits per heavy atom. The molecule has 0 bridgehead atoms. The first-order valence-electron chi connectivity index (χ1n) is 16.6. The molecule has 10 rings (SSSR count). The highest BCUT2D eigenvalue weighted by molar-refractivity contribution is 6.23. The van der Waals surface area contributed by atoms with Crippen LogP contribution in [0.4, 0.5) is 0 Å². The minimum Gasteiger partial charge on any atom is -0.256 e. The van der Waals surface area contributed by atoms with E-state index in [0.717, 1.165) is 11.3 Å². The van der Waals surface area contributed by atoms with Crippen molar-refractivity contribution in [3.8, 4) is 66.9 Å². The van der Waals surface area contributed by atoms with Crippen molar-refractivity contribution in [1.29, 1.82) is 0 Å². The van der Waals surface area contributed by atoms with Crippen LogP contribution in [0.15, 0.2) is 176 Å². The number of fused-ring (bicyclic) bond motifs is 11. The Labute approximate surface area is 279 Å². The van der Waals surface area contributed by atoms with Crippen molar-refractivity contribution in [2.75, 3.05) is 0 Å². The zero-order chi connectivity index (χ0) is 31.6. The Morgan fingerprint density at radius 2 is 0.646 bits per heavy atom. The molecule has 222 valence electrons. The maximum absolute atomic E-state index is 5.31. The molecular weight excluding hydrogens is 579 g/mol. The first-order chi connectivity index (χ1) is 23.8. The van der Waals surface area contributed by atoms with E-state index in [-0.39, 0.29) is 0 Å². The number of aromatic nitrogens is 1. The lowest BCUT2D eigenvalue weighted by Gasteiger charge is -2.24. The molecule has 0 atom stereocenters. The van der Waals surface area contributed by atoms with Crippen molar-refractivity contribution >= 4 is 32.3 Å². The highest BCUT2D eigenvalue weighted by atomic mass is 14.7. The third-order valence-corrected chi connectivity index (χ3v) is 10.1. The number of pyridine rings is 1. The fourth-order valence-corrected chi connectivity index (χ4v) is 8.03. The summed E-state index contributed by atoms with van der Waals surface area (Å²) in [4.78, 5) is 5.31. The Morgan fingerprint density at radius 3 is 1.19 bits per heavy atom. The zero-order valence-electron chi connectivity index (χ0n) is 26.2. The molecule has 0 aliphatic heterocycles. The van der Waals surface area contributed by atoms with E-state index in [0.29, 0.717) is 0 Å². The van der Waals surface area contributed by atoms with E-state index in [2.05, 4.69) is 176 Å². The van der Waals surface area contributed by atoms with Crippen LogP contribution in [0.25, 0.3) is 99.2 Å². The molecule has 0 saturated carbocycles. The van der Waals surface area contributed by atoms with Crippen LogP contribution in [0.2, 0.25) is 0 Å². The molecule has 1 aliphatic carbocycles. The van der Waals surface area contributed by atoms with Crippen molar-refractivity contribution in [1.82, 2.24) is 4.98 Å². The molecule has 0 fully saturated rings. The lowest BCUT2D eigenvalue weighted by atomic mass is 9.80. The van der Waals surface area contributed by atoms with Gasteiger partial charge in [-0.25, -0.2) is 0 Å². The van der Waals surface area contributed by atoms with Gasteiger partial charge in [-0.2, -0.15) is 0 Å². The average Bonchev–Trinajstić information content (AvgIpc) is 3.16. The number of nitrogens with zero attached hydrogens (tertiary/aromatic N) is 1. The second-order valence-electron chi connectivity index (χ2n) is 12.6. The van der Waals surface area contributed by atoms with Gasteiger partial charge in [-0.05, 0) is 88.5 Å². The van der Waals surface area contributed by atoms with Gasteiger partial charge in [0.25, 0.3) is 0 Å². The van der Waals surface area contributed by atoms with Gasteiger partial charge < -0.3 is 0 Å². The van der Waals surface area contributed by atoms with Crippen LogP contribution in [0.5, 0.6) is 0 Å². The lowest BCUT2D eigenvalue weighted by molar-refractivity contribution is 1.33. The van der Waals surface area contributed by atoms with Crippen LogP contribution >= 0.6 is 0 Å². The Hall–Kier alpha value is -6.31. The number of hydrogen-bond acceptors (Lipinski definition) is 1. The third-order valence-electron chi connectivity index (χ3n) is 10.1. The zero-order valence-corrected chi connectivity index (χ0v) is 26.2. The highest BCUT2D eigenvalue weighted by Crippen LogP contribution is 2.50. The van der Waals surface area contributed by atoms with Gasteiger partial charge in [0, 0.05) is 17.3 Å². The van der Waals surface area contributed by atoms with Crippen LogP contribution in [-0.2, 0) is 0 Å². The molecule has 1 aliphatic rings. The summed E-state index contributed by atoms with van der Waals surface area (Å²) >= 11 is 0. The number of rotatable bonds is 2. The molecule has 8 aromatic carbocycles. The largest absolute Gasteiger partial charge is 0.256 e. The molecule has 0 saturated heterocycles. The molecular formula is C47H29N. The van der Waals surface area contributed by atoms with E-state index >= 15 is 0 Å². The first-order valence-corrected chi connectivity index (χ1v) is 16.6. The second-order valence-corrected chi connectivity index (χ2v) is 12.6. The summed E-state index contributed by atoms with van der Waals surface area (Å²) < 4.78 is 0. The quantitative estimate of drug-likeness (QED) is 0.178. The molecule has 48 heavy (non-hydrogen) atoms. The van der Waals surface area contributed by atoms with E-state index in [4.69, 9.17) is 4.98 Å². The monoisotopic (exact) mass is 607 g/mol. The predicted molar refractivity (Wildman–Crippen MR) is 203 cm³/mol. The Bertz CT molecular complexity index is 2670. The molecule has 0 radical (unpaired) electrons. The SMILES string of the molecule is c1ccc2c(c1)-c1ccccc1-c1cnc(-c3c4ccccc4c(-c4cccc5ccccc45)c4ccccc34)cc1-c1ccccc1-2. The third kappa shape index (κ3) is 3.95. The van der Waals surface area contributed by atoms with Crippen molar-refractivity contribution in [2.24, 2.45) is 0 Å². The molecule has 0 spiro atoms.